The molecule has 0 radical (unpaired) electrons. The van der Waals surface area contributed by atoms with Gasteiger partial charge in [0.05, 0.1) is 20.4 Å². The van der Waals surface area contributed by atoms with E-state index in [-0.39, 0.29) is 20.5 Å². The molecular formula is C14H14ClN3O6S2. The van der Waals surface area contributed by atoms with E-state index < -0.39 is 30.7 Å². The minimum atomic E-state index is -4.19. The fraction of sp³-hybridized carbons (Fsp3) is 0.143. The summed E-state index contributed by atoms with van der Waals surface area (Å²) < 4.78 is 52.3. The molecule has 0 amide bonds. The topological polar surface area (TPSA) is 127 Å². The predicted octanol–water partition coefficient (Wildman–Crippen LogP) is 2.30. The quantitative estimate of drug-likeness (QED) is 0.565. The number of hydrogen-bond acceptors (Lipinski definition) is 6. The molecule has 0 atom stereocenters. The summed E-state index contributed by atoms with van der Waals surface area (Å²) in [4.78, 5) is 9.63. The van der Waals surface area contributed by atoms with E-state index in [1.807, 2.05) is 0 Å². The molecule has 0 bridgehead atoms. The van der Waals surface area contributed by atoms with Crippen LogP contribution in [0.1, 0.15) is 0 Å². The number of nitrogens with one attached hydrogen (secondary N) is 1. The number of halogens is 1. The summed E-state index contributed by atoms with van der Waals surface area (Å²) in [5, 5.41) is 10.7. The van der Waals surface area contributed by atoms with Crippen LogP contribution in [0.2, 0.25) is 5.02 Å². The van der Waals surface area contributed by atoms with Gasteiger partial charge in [-0.2, -0.15) is 0 Å². The Kier molecular flexibility index (Phi) is 5.56. The van der Waals surface area contributed by atoms with Gasteiger partial charge in [0.2, 0.25) is 10.0 Å². The van der Waals surface area contributed by atoms with Crippen molar-refractivity contribution >= 4 is 43.0 Å². The maximum Gasteiger partial charge on any atom is 0.289 e. The highest BCUT2D eigenvalue weighted by molar-refractivity contribution is 7.92. The molecule has 0 aliphatic carbocycles. The number of sulfonamides is 2. The molecule has 2 rings (SSSR count). The molecule has 0 aliphatic heterocycles. The average molecular weight is 420 g/mol. The SMILES string of the molecule is CN(C)S(=O)(=O)c1cccc(NS(=O)(=O)c2ccc(Cl)c([N+](=O)[O-])c2)c1. The van der Waals surface area contributed by atoms with Gasteiger partial charge in [-0.25, -0.2) is 21.1 Å². The molecule has 0 heterocycles. The van der Waals surface area contributed by atoms with E-state index in [1.54, 1.807) is 0 Å². The molecule has 0 fully saturated rings. The van der Waals surface area contributed by atoms with Crippen molar-refractivity contribution in [3.63, 3.8) is 0 Å². The standard InChI is InChI=1S/C14H14ClN3O6S2/c1-17(2)26(23,24)12-5-3-4-10(8-12)16-25(21,22)11-6-7-13(15)14(9-11)18(19)20/h3-9,16H,1-2H3. The van der Waals surface area contributed by atoms with Gasteiger partial charge in [-0.15, -0.1) is 0 Å². The molecule has 2 aromatic rings. The van der Waals surface area contributed by atoms with Crippen molar-refractivity contribution in [3.05, 3.63) is 57.6 Å². The Hall–Kier alpha value is -2.21. The molecule has 0 aliphatic rings. The molecule has 1 N–H and O–H groups in total. The van der Waals surface area contributed by atoms with Crippen molar-refractivity contribution in [3.8, 4) is 0 Å². The van der Waals surface area contributed by atoms with Crippen molar-refractivity contribution < 1.29 is 21.8 Å². The van der Waals surface area contributed by atoms with Crippen molar-refractivity contribution in [2.45, 2.75) is 9.79 Å². The zero-order valence-corrected chi connectivity index (χ0v) is 16.0. The van der Waals surface area contributed by atoms with E-state index in [2.05, 4.69) is 4.72 Å². The van der Waals surface area contributed by atoms with Crippen molar-refractivity contribution in [1.29, 1.82) is 0 Å². The number of nitro groups is 1. The van der Waals surface area contributed by atoms with Crippen molar-refractivity contribution in [1.82, 2.24) is 4.31 Å². The Morgan fingerprint density at radius 2 is 1.69 bits per heavy atom. The van der Waals surface area contributed by atoms with Crippen LogP contribution in [0.15, 0.2) is 52.3 Å². The Bertz CT molecular complexity index is 1070. The molecule has 26 heavy (non-hydrogen) atoms. The first kappa shape index (κ1) is 20.1. The molecule has 0 saturated heterocycles. The van der Waals surface area contributed by atoms with Crippen LogP contribution in [0, 0.1) is 10.1 Å². The summed E-state index contributed by atoms with van der Waals surface area (Å²) >= 11 is 5.67. The maximum absolute atomic E-state index is 12.4. The highest BCUT2D eigenvalue weighted by Gasteiger charge is 2.22. The van der Waals surface area contributed by atoms with E-state index in [0.29, 0.717) is 0 Å². The van der Waals surface area contributed by atoms with E-state index in [0.717, 1.165) is 28.6 Å². The lowest BCUT2D eigenvalue weighted by atomic mass is 10.3. The van der Waals surface area contributed by atoms with Gasteiger partial charge < -0.3 is 0 Å². The third kappa shape index (κ3) is 4.12. The normalized spacial score (nSPS) is 12.2. The molecule has 0 aromatic heterocycles. The first-order valence-electron chi connectivity index (χ1n) is 6.94. The number of hydrogen-bond donors (Lipinski definition) is 1. The summed E-state index contributed by atoms with van der Waals surface area (Å²) in [6.45, 7) is 0. The lowest BCUT2D eigenvalue weighted by Gasteiger charge is -2.13. The lowest BCUT2D eigenvalue weighted by Crippen LogP contribution is -2.22. The van der Waals surface area contributed by atoms with Gasteiger partial charge in [0, 0.05) is 20.2 Å². The van der Waals surface area contributed by atoms with Crippen LogP contribution in [0.5, 0.6) is 0 Å². The predicted molar refractivity (Wildman–Crippen MR) is 96.2 cm³/mol. The van der Waals surface area contributed by atoms with Crippen LogP contribution in [0.3, 0.4) is 0 Å². The first-order valence-corrected chi connectivity index (χ1v) is 10.2. The van der Waals surface area contributed by atoms with Crippen LogP contribution in [-0.2, 0) is 20.0 Å². The lowest BCUT2D eigenvalue weighted by molar-refractivity contribution is -0.384. The van der Waals surface area contributed by atoms with Gasteiger partial charge in [-0.1, -0.05) is 17.7 Å². The second kappa shape index (κ2) is 7.19. The minimum absolute atomic E-state index is 0.00877. The molecule has 9 nitrogen and oxygen atoms in total. The van der Waals surface area contributed by atoms with Crippen LogP contribution in [0.25, 0.3) is 0 Å². The zero-order chi connectivity index (χ0) is 19.7. The highest BCUT2D eigenvalue weighted by Crippen LogP contribution is 2.28. The minimum Gasteiger partial charge on any atom is -0.280 e. The summed E-state index contributed by atoms with van der Waals surface area (Å²) in [5.41, 5.74) is -0.566. The first-order chi connectivity index (χ1) is 11.9. The Morgan fingerprint density at radius 1 is 1.04 bits per heavy atom. The Labute approximate surface area is 155 Å². The summed E-state index contributed by atoms with van der Waals surface area (Å²) in [6.07, 6.45) is 0. The fourth-order valence-corrected chi connectivity index (χ4v) is 4.15. The number of nitrogens with zero attached hydrogens (tertiary/aromatic N) is 2. The molecule has 2 aromatic carbocycles. The smallest absolute Gasteiger partial charge is 0.280 e. The molecular weight excluding hydrogens is 406 g/mol. The van der Waals surface area contributed by atoms with Crippen LogP contribution < -0.4 is 4.72 Å². The number of rotatable bonds is 6. The molecule has 0 spiro atoms. The van der Waals surface area contributed by atoms with Gasteiger partial charge in [-0.05, 0) is 30.3 Å². The van der Waals surface area contributed by atoms with Crippen LogP contribution >= 0.6 is 11.6 Å². The van der Waals surface area contributed by atoms with Crippen molar-refractivity contribution in [2.24, 2.45) is 0 Å². The van der Waals surface area contributed by atoms with Gasteiger partial charge in [0.15, 0.2) is 0 Å². The second-order valence-electron chi connectivity index (χ2n) is 5.29. The van der Waals surface area contributed by atoms with Crippen LogP contribution in [0.4, 0.5) is 11.4 Å². The maximum atomic E-state index is 12.4. The van der Waals surface area contributed by atoms with E-state index in [4.69, 9.17) is 11.6 Å². The molecule has 12 heteroatoms. The summed E-state index contributed by atoms with van der Waals surface area (Å²) in [5.74, 6) is 0. The zero-order valence-electron chi connectivity index (χ0n) is 13.6. The van der Waals surface area contributed by atoms with E-state index in [1.165, 1.54) is 32.3 Å². The molecule has 0 saturated carbocycles. The van der Waals surface area contributed by atoms with Gasteiger partial charge in [0.1, 0.15) is 5.02 Å². The van der Waals surface area contributed by atoms with E-state index >= 15 is 0 Å². The molecule has 0 unspecified atom stereocenters. The largest absolute Gasteiger partial charge is 0.289 e. The van der Waals surface area contributed by atoms with Crippen LogP contribution in [-0.4, -0.2) is 40.2 Å². The van der Waals surface area contributed by atoms with Gasteiger partial charge in [-0.3, -0.25) is 14.8 Å². The number of benzene rings is 2. The highest BCUT2D eigenvalue weighted by atomic mass is 35.5. The fourth-order valence-electron chi connectivity index (χ4n) is 1.94. The average Bonchev–Trinajstić information content (AvgIpc) is 2.54. The third-order valence-electron chi connectivity index (χ3n) is 3.29. The van der Waals surface area contributed by atoms with Gasteiger partial charge >= 0.3 is 0 Å². The monoisotopic (exact) mass is 419 g/mol. The number of nitro benzene ring substituents is 1. The molecule has 140 valence electrons. The Balaban J connectivity index is 2.42. The van der Waals surface area contributed by atoms with E-state index in [9.17, 15) is 26.9 Å². The Morgan fingerprint density at radius 3 is 2.27 bits per heavy atom. The number of anilines is 1. The third-order valence-corrected chi connectivity index (χ3v) is 6.80. The summed E-state index contributed by atoms with van der Waals surface area (Å²) in [6, 6.07) is 8.23. The van der Waals surface area contributed by atoms with Crippen molar-refractivity contribution in [2.75, 3.05) is 18.8 Å². The second-order valence-corrected chi connectivity index (χ2v) is 9.53. The van der Waals surface area contributed by atoms with Gasteiger partial charge in [0.25, 0.3) is 15.7 Å². The summed E-state index contributed by atoms with van der Waals surface area (Å²) in [7, 11) is -5.25.